The van der Waals surface area contributed by atoms with Crippen LogP contribution in [0.3, 0.4) is 0 Å². The third-order valence-electron chi connectivity index (χ3n) is 2.74. The van der Waals surface area contributed by atoms with Gasteiger partial charge in [-0.05, 0) is 38.5 Å². The molecule has 1 aromatic carbocycles. The van der Waals surface area contributed by atoms with Crippen molar-refractivity contribution >= 4 is 0 Å². The molecule has 0 saturated carbocycles. The Balaban J connectivity index is 2.04. The van der Waals surface area contributed by atoms with Crippen LogP contribution in [0.4, 0.5) is 4.39 Å². The Labute approximate surface area is 107 Å². The minimum atomic E-state index is -1.04. The number of rotatable bonds is 3. The SMILES string of the molecule is CC(C)(C)NCC(F)c1ccc2c(c1)OCCO2. The molecule has 0 radical (unpaired) electrons. The third kappa shape index (κ3) is 3.35. The molecule has 3 nitrogen and oxygen atoms in total. The summed E-state index contributed by atoms with van der Waals surface area (Å²) in [6, 6.07) is 5.25. The molecule has 0 spiro atoms. The summed E-state index contributed by atoms with van der Waals surface area (Å²) in [5, 5.41) is 3.15. The van der Waals surface area contributed by atoms with Gasteiger partial charge in [-0.2, -0.15) is 0 Å². The summed E-state index contributed by atoms with van der Waals surface area (Å²) in [5.74, 6) is 1.33. The van der Waals surface area contributed by atoms with E-state index in [1.807, 2.05) is 20.8 Å². The minimum absolute atomic E-state index is 0.0852. The van der Waals surface area contributed by atoms with Crippen molar-refractivity contribution < 1.29 is 13.9 Å². The van der Waals surface area contributed by atoms with Gasteiger partial charge in [0.15, 0.2) is 11.5 Å². The molecule has 18 heavy (non-hydrogen) atoms. The highest BCUT2D eigenvalue weighted by Gasteiger charge is 2.18. The molecule has 1 aromatic rings. The number of alkyl halides is 1. The molecule has 1 atom stereocenters. The topological polar surface area (TPSA) is 30.5 Å². The van der Waals surface area contributed by atoms with Crippen LogP contribution in [0.15, 0.2) is 18.2 Å². The zero-order valence-corrected chi connectivity index (χ0v) is 11.1. The van der Waals surface area contributed by atoms with E-state index < -0.39 is 6.17 Å². The zero-order chi connectivity index (χ0) is 13.2. The second kappa shape index (κ2) is 5.14. The van der Waals surface area contributed by atoms with Crippen LogP contribution in [-0.4, -0.2) is 25.3 Å². The Bertz CT molecular complexity index is 415. The monoisotopic (exact) mass is 253 g/mol. The molecule has 1 aliphatic heterocycles. The predicted molar refractivity (Wildman–Crippen MR) is 69.0 cm³/mol. The second-order valence-corrected chi connectivity index (χ2v) is 5.50. The van der Waals surface area contributed by atoms with Gasteiger partial charge in [-0.1, -0.05) is 6.07 Å². The quantitative estimate of drug-likeness (QED) is 0.898. The van der Waals surface area contributed by atoms with Gasteiger partial charge in [0.2, 0.25) is 0 Å². The fraction of sp³-hybridized carbons (Fsp3) is 0.571. The highest BCUT2D eigenvalue weighted by atomic mass is 19.1. The smallest absolute Gasteiger partial charge is 0.161 e. The zero-order valence-electron chi connectivity index (χ0n) is 11.1. The van der Waals surface area contributed by atoms with Crippen molar-refractivity contribution in [2.45, 2.75) is 32.5 Å². The van der Waals surface area contributed by atoms with Gasteiger partial charge in [0.05, 0.1) is 0 Å². The molecule has 1 aliphatic rings. The van der Waals surface area contributed by atoms with Gasteiger partial charge >= 0.3 is 0 Å². The number of nitrogens with one attached hydrogen (secondary N) is 1. The normalized spacial score (nSPS) is 16.4. The van der Waals surface area contributed by atoms with E-state index in [9.17, 15) is 4.39 Å². The summed E-state index contributed by atoms with van der Waals surface area (Å²) in [4.78, 5) is 0. The van der Waals surface area contributed by atoms with Gasteiger partial charge in [0.1, 0.15) is 19.4 Å². The Morgan fingerprint density at radius 1 is 1.22 bits per heavy atom. The summed E-state index contributed by atoms with van der Waals surface area (Å²) in [7, 11) is 0. The molecule has 1 N–H and O–H groups in total. The van der Waals surface area contributed by atoms with Crippen molar-refractivity contribution in [2.24, 2.45) is 0 Å². The maximum Gasteiger partial charge on any atom is 0.161 e. The predicted octanol–water partition coefficient (Wildman–Crippen LogP) is 2.86. The van der Waals surface area contributed by atoms with Crippen LogP contribution in [-0.2, 0) is 0 Å². The lowest BCUT2D eigenvalue weighted by Crippen LogP contribution is -2.37. The molecule has 0 bridgehead atoms. The third-order valence-corrected chi connectivity index (χ3v) is 2.74. The molecule has 1 heterocycles. The molecule has 0 fully saturated rings. The Kier molecular flexibility index (Phi) is 3.76. The number of halogens is 1. The summed E-state index contributed by atoms with van der Waals surface area (Å²) < 4.78 is 24.9. The molecular weight excluding hydrogens is 233 g/mol. The van der Waals surface area contributed by atoms with Gasteiger partial charge in [-0.15, -0.1) is 0 Å². The summed E-state index contributed by atoms with van der Waals surface area (Å²) in [6.07, 6.45) is -1.04. The summed E-state index contributed by atoms with van der Waals surface area (Å²) >= 11 is 0. The van der Waals surface area contributed by atoms with Crippen molar-refractivity contribution in [1.29, 1.82) is 0 Å². The first-order chi connectivity index (χ1) is 8.46. The molecule has 4 heteroatoms. The van der Waals surface area contributed by atoms with Crippen LogP contribution in [0.5, 0.6) is 11.5 Å². The fourth-order valence-electron chi connectivity index (χ4n) is 1.77. The van der Waals surface area contributed by atoms with Crippen molar-refractivity contribution in [1.82, 2.24) is 5.32 Å². The Morgan fingerprint density at radius 2 is 1.89 bits per heavy atom. The van der Waals surface area contributed by atoms with E-state index in [-0.39, 0.29) is 5.54 Å². The van der Waals surface area contributed by atoms with Crippen molar-refractivity contribution in [3.8, 4) is 11.5 Å². The number of benzene rings is 1. The maximum atomic E-state index is 14.1. The average Bonchev–Trinajstić information content (AvgIpc) is 2.34. The molecule has 0 amide bonds. The van der Waals surface area contributed by atoms with E-state index in [4.69, 9.17) is 9.47 Å². The van der Waals surface area contributed by atoms with Crippen LogP contribution in [0.1, 0.15) is 32.5 Å². The fourth-order valence-corrected chi connectivity index (χ4v) is 1.77. The molecule has 0 saturated heterocycles. The largest absolute Gasteiger partial charge is 0.486 e. The van der Waals surface area contributed by atoms with Crippen LogP contribution in [0.25, 0.3) is 0 Å². The first kappa shape index (κ1) is 13.1. The number of hydrogen-bond acceptors (Lipinski definition) is 3. The number of ether oxygens (including phenoxy) is 2. The van der Waals surface area contributed by atoms with Crippen LogP contribution in [0.2, 0.25) is 0 Å². The number of fused-ring (bicyclic) bond motifs is 1. The first-order valence-electron chi connectivity index (χ1n) is 6.24. The van der Waals surface area contributed by atoms with Crippen LogP contribution < -0.4 is 14.8 Å². The van der Waals surface area contributed by atoms with Gasteiger partial charge < -0.3 is 14.8 Å². The van der Waals surface area contributed by atoms with E-state index in [0.717, 1.165) is 0 Å². The molecule has 0 aliphatic carbocycles. The van der Waals surface area contributed by atoms with Crippen LogP contribution in [0, 0.1) is 0 Å². The average molecular weight is 253 g/mol. The van der Waals surface area contributed by atoms with Gasteiger partial charge in [0.25, 0.3) is 0 Å². The molecule has 1 unspecified atom stereocenters. The first-order valence-corrected chi connectivity index (χ1v) is 6.24. The van der Waals surface area contributed by atoms with Gasteiger partial charge in [-0.25, -0.2) is 4.39 Å². The Hall–Kier alpha value is -1.29. The highest BCUT2D eigenvalue weighted by molar-refractivity contribution is 5.44. The lowest BCUT2D eigenvalue weighted by atomic mass is 10.1. The summed E-state index contributed by atoms with van der Waals surface area (Å²) in [5.41, 5.74) is 0.536. The van der Waals surface area contributed by atoms with E-state index in [0.29, 0.717) is 36.8 Å². The van der Waals surface area contributed by atoms with Crippen LogP contribution >= 0.6 is 0 Å². The van der Waals surface area contributed by atoms with Gasteiger partial charge in [0, 0.05) is 12.1 Å². The highest BCUT2D eigenvalue weighted by Crippen LogP contribution is 2.33. The number of hydrogen-bond donors (Lipinski definition) is 1. The Morgan fingerprint density at radius 3 is 2.56 bits per heavy atom. The molecule has 100 valence electrons. The standard InChI is InChI=1S/C14H20FNO2/c1-14(2,3)16-9-11(15)10-4-5-12-13(8-10)18-7-6-17-12/h4-5,8,11,16H,6-7,9H2,1-3H3. The van der Waals surface area contributed by atoms with Crippen molar-refractivity contribution in [2.75, 3.05) is 19.8 Å². The minimum Gasteiger partial charge on any atom is -0.486 e. The lowest BCUT2D eigenvalue weighted by molar-refractivity contribution is 0.171. The van der Waals surface area contributed by atoms with E-state index in [1.54, 1.807) is 18.2 Å². The van der Waals surface area contributed by atoms with E-state index in [2.05, 4.69) is 5.32 Å². The van der Waals surface area contributed by atoms with E-state index >= 15 is 0 Å². The summed E-state index contributed by atoms with van der Waals surface area (Å²) in [6.45, 7) is 7.42. The molecule has 2 rings (SSSR count). The van der Waals surface area contributed by atoms with Crippen molar-refractivity contribution in [3.63, 3.8) is 0 Å². The second-order valence-electron chi connectivity index (χ2n) is 5.50. The van der Waals surface area contributed by atoms with Gasteiger partial charge in [-0.3, -0.25) is 0 Å². The molecular formula is C14H20FNO2. The molecule has 0 aromatic heterocycles. The van der Waals surface area contributed by atoms with E-state index in [1.165, 1.54) is 0 Å². The lowest BCUT2D eigenvalue weighted by Gasteiger charge is -2.23. The van der Waals surface area contributed by atoms with Crippen molar-refractivity contribution in [3.05, 3.63) is 23.8 Å². The maximum absolute atomic E-state index is 14.1.